The summed E-state index contributed by atoms with van der Waals surface area (Å²) in [7, 11) is 0. The number of amides is 1. The standard InChI is InChI=1S/C20H21NO4/c1-11(2)9-15-20-8-7-14(25-20)16(19(23)24)17(20)18(22)21(15)13-6-4-5-12(3)10-13/h4-8,10,14-17H,1,9H2,2-3H3,(H,23,24)/p-1/t14-,15+,16+,17-,20-/m1/s1. The third-order valence-corrected chi connectivity index (χ3v) is 5.52. The molecule has 1 spiro atoms. The molecular weight excluding hydrogens is 318 g/mol. The van der Waals surface area contributed by atoms with Gasteiger partial charge in [0.2, 0.25) is 5.91 Å². The van der Waals surface area contributed by atoms with Crippen LogP contribution in [0.25, 0.3) is 0 Å². The van der Waals surface area contributed by atoms with Gasteiger partial charge in [-0.2, -0.15) is 0 Å². The van der Waals surface area contributed by atoms with E-state index in [-0.39, 0.29) is 11.9 Å². The van der Waals surface area contributed by atoms with Crippen LogP contribution in [-0.2, 0) is 14.3 Å². The maximum Gasteiger partial charge on any atom is 0.234 e. The summed E-state index contributed by atoms with van der Waals surface area (Å²) in [5.74, 6) is -3.13. The number of fused-ring (bicyclic) bond motifs is 1. The number of carboxylic acid groups (broad SMARTS) is 1. The van der Waals surface area contributed by atoms with Crippen LogP contribution in [0.2, 0.25) is 0 Å². The molecule has 3 aliphatic rings. The lowest BCUT2D eigenvalue weighted by Crippen LogP contribution is -2.46. The number of hydrogen-bond acceptors (Lipinski definition) is 4. The van der Waals surface area contributed by atoms with E-state index in [1.165, 1.54) is 0 Å². The Bertz CT molecular complexity index is 814. The molecule has 5 heteroatoms. The average molecular weight is 338 g/mol. The Labute approximate surface area is 146 Å². The molecule has 2 bridgehead atoms. The Hall–Kier alpha value is -2.40. The predicted octanol–water partition coefficient (Wildman–Crippen LogP) is 1.37. The molecule has 4 rings (SSSR count). The van der Waals surface area contributed by atoms with Crippen LogP contribution >= 0.6 is 0 Å². The van der Waals surface area contributed by atoms with Gasteiger partial charge in [-0.3, -0.25) is 4.79 Å². The minimum absolute atomic E-state index is 0.210. The molecule has 1 amide bonds. The van der Waals surface area contributed by atoms with Crippen molar-refractivity contribution < 1.29 is 19.4 Å². The molecule has 2 saturated heterocycles. The first kappa shape index (κ1) is 16.1. The smallest absolute Gasteiger partial charge is 0.234 e. The first-order valence-electron chi connectivity index (χ1n) is 8.47. The Morgan fingerprint density at radius 3 is 2.84 bits per heavy atom. The van der Waals surface area contributed by atoms with Crippen molar-refractivity contribution in [3.8, 4) is 0 Å². The fraction of sp³-hybridized carbons (Fsp3) is 0.400. The van der Waals surface area contributed by atoms with Gasteiger partial charge in [0.15, 0.2) is 0 Å². The third-order valence-electron chi connectivity index (χ3n) is 5.52. The largest absolute Gasteiger partial charge is 0.550 e. The van der Waals surface area contributed by atoms with Crippen molar-refractivity contribution in [2.45, 2.75) is 38.0 Å². The topological polar surface area (TPSA) is 69.7 Å². The van der Waals surface area contributed by atoms with E-state index in [0.717, 1.165) is 16.8 Å². The number of carbonyl (C=O) groups is 2. The zero-order valence-electron chi connectivity index (χ0n) is 14.3. The molecule has 0 saturated carbocycles. The summed E-state index contributed by atoms with van der Waals surface area (Å²) < 4.78 is 6.09. The summed E-state index contributed by atoms with van der Waals surface area (Å²) in [6.45, 7) is 7.86. The van der Waals surface area contributed by atoms with Crippen LogP contribution in [0, 0.1) is 18.8 Å². The van der Waals surface area contributed by atoms with E-state index in [4.69, 9.17) is 4.74 Å². The van der Waals surface area contributed by atoms with Crippen LogP contribution in [0.5, 0.6) is 0 Å². The lowest BCUT2D eigenvalue weighted by molar-refractivity contribution is -0.313. The SMILES string of the molecule is C=C(C)C[C@@H]1N(c2cccc(C)c2)C(=O)[C@H]2[C@@H](C(=O)[O-])[C@H]3C=C[C@@]12O3. The molecule has 3 heterocycles. The van der Waals surface area contributed by atoms with Crippen molar-refractivity contribution in [3.05, 3.63) is 54.1 Å². The highest BCUT2D eigenvalue weighted by atomic mass is 16.5. The number of carboxylic acids is 1. The Kier molecular flexibility index (Phi) is 3.41. The van der Waals surface area contributed by atoms with E-state index in [1.807, 2.05) is 44.2 Å². The van der Waals surface area contributed by atoms with Crippen LogP contribution < -0.4 is 10.0 Å². The van der Waals surface area contributed by atoms with Gasteiger partial charge in [0.05, 0.1) is 18.1 Å². The molecule has 5 nitrogen and oxygen atoms in total. The quantitative estimate of drug-likeness (QED) is 0.778. The zero-order chi connectivity index (χ0) is 17.9. The van der Waals surface area contributed by atoms with Crippen molar-refractivity contribution in [3.63, 3.8) is 0 Å². The molecule has 0 N–H and O–H groups in total. The second kappa shape index (κ2) is 5.30. The van der Waals surface area contributed by atoms with Crippen LogP contribution in [0.4, 0.5) is 5.69 Å². The minimum Gasteiger partial charge on any atom is -0.550 e. The highest BCUT2D eigenvalue weighted by molar-refractivity contribution is 6.03. The van der Waals surface area contributed by atoms with E-state index in [2.05, 4.69) is 6.58 Å². The van der Waals surface area contributed by atoms with Crippen LogP contribution in [0.1, 0.15) is 18.9 Å². The van der Waals surface area contributed by atoms with Crippen LogP contribution in [0.3, 0.4) is 0 Å². The number of anilines is 1. The monoisotopic (exact) mass is 338 g/mol. The highest BCUT2D eigenvalue weighted by Gasteiger charge is 2.69. The second-order valence-corrected chi connectivity index (χ2v) is 7.34. The van der Waals surface area contributed by atoms with Gasteiger partial charge < -0.3 is 19.5 Å². The van der Waals surface area contributed by atoms with E-state index in [1.54, 1.807) is 11.0 Å². The molecule has 0 aliphatic carbocycles. The summed E-state index contributed by atoms with van der Waals surface area (Å²) in [4.78, 5) is 26.7. The molecule has 5 atom stereocenters. The number of benzene rings is 1. The number of rotatable bonds is 4. The van der Waals surface area contributed by atoms with Gasteiger partial charge in [0.25, 0.3) is 0 Å². The number of ether oxygens (including phenoxy) is 1. The molecule has 25 heavy (non-hydrogen) atoms. The van der Waals surface area contributed by atoms with Crippen molar-refractivity contribution in [2.24, 2.45) is 11.8 Å². The Balaban J connectivity index is 1.85. The molecule has 2 fully saturated rings. The zero-order valence-corrected chi connectivity index (χ0v) is 14.3. The Morgan fingerprint density at radius 2 is 2.20 bits per heavy atom. The maximum atomic E-state index is 13.3. The van der Waals surface area contributed by atoms with Gasteiger partial charge in [-0.15, -0.1) is 6.58 Å². The summed E-state index contributed by atoms with van der Waals surface area (Å²) in [6, 6.07) is 7.35. The molecular formula is C20H20NO4-. The second-order valence-electron chi connectivity index (χ2n) is 7.34. The van der Waals surface area contributed by atoms with Crippen molar-refractivity contribution in [1.29, 1.82) is 0 Å². The molecule has 0 unspecified atom stereocenters. The minimum atomic E-state index is -1.23. The number of hydrogen-bond donors (Lipinski definition) is 0. The van der Waals surface area contributed by atoms with Crippen LogP contribution in [-0.4, -0.2) is 29.6 Å². The first-order valence-corrected chi connectivity index (χ1v) is 8.47. The molecule has 0 radical (unpaired) electrons. The predicted molar refractivity (Wildman–Crippen MR) is 90.6 cm³/mol. The van der Waals surface area contributed by atoms with E-state index < -0.39 is 29.5 Å². The summed E-state index contributed by atoms with van der Waals surface area (Å²) in [5, 5.41) is 11.7. The van der Waals surface area contributed by atoms with Gasteiger partial charge in [0.1, 0.15) is 5.60 Å². The van der Waals surface area contributed by atoms with Gasteiger partial charge in [-0.1, -0.05) is 29.9 Å². The molecule has 130 valence electrons. The van der Waals surface area contributed by atoms with Crippen molar-refractivity contribution >= 4 is 17.6 Å². The molecule has 3 aliphatic heterocycles. The van der Waals surface area contributed by atoms with Gasteiger partial charge >= 0.3 is 0 Å². The summed E-state index contributed by atoms with van der Waals surface area (Å²) in [5.41, 5.74) is 1.79. The highest BCUT2D eigenvalue weighted by Crippen LogP contribution is 2.56. The van der Waals surface area contributed by atoms with Crippen molar-refractivity contribution in [1.82, 2.24) is 0 Å². The lowest BCUT2D eigenvalue weighted by Gasteiger charge is -2.33. The number of nitrogens with zero attached hydrogens (tertiary/aromatic N) is 1. The summed E-state index contributed by atoms with van der Waals surface area (Å²) in [6.07, 6.45) is 3.59. The summed E-state index contributed by atoms with van der Waals surface area (Å²) >= 11 is 0. The fourth-order valence-electron chi connectivity index (χ4n) is 4.58. The lowest BCUT2D eigenvalue weighted by atomic mass is 9.74. The van der Waals surface area contributed by atoms with Gasteiger partial charge in [-0.25, -0.2) is 0 Å². The van der Waals surface area contributed by atoms with Gasteiger partial charge in [0, 0.05) is 17.6 Å². The number of carbonyl (C=O) groups excluding carboxylic acids is 2. The van der Waals surface area contributed by atoms with Crippen molar-refractivity contribution in [2.75, 3.05) is 4.90 Å². The number of aryl methyl sites for hydroxylation is 1. The van der Waals surface area contributed by atoms with E-state index >= 15 is 0 Å². The van der Waals surface area contributed by atoms with Gasteiger partial charge in [-0.05, 0) is 38.0 Å². The maximum absolute atomic E-state index is 13.3. The van der Waals surface area contributed by atoms with E-state index in [9.17, 15) is 14.7 Å². The normalized spacial score (nSPS) is 35.3. The number of aliphatic carboxylic acids is 1. The molecule has 1 aromatic rings. The third kappa shape index (κ3) is 2.12. The molecule has 1 aromatic carbocycles. The Morgan fingerprint density at radius 1 is 1.44 bits per heavy atom. The fourth-order valence-corrected chi connectivity index (χ4v) is 4.58. The first-order chi connectivity index (χ1) is 11.8. The van der Waals surface area contributed by atoms with E-state index in [0.29, 0.717) is 6.42 Å². The molecule has 0 aromatic heterocycles. The average Bonchev–Trinajstić information content (AvgIpc) is 3.16. The van der Waals surface area contributed by atoms with Crippen LogP contribution in [0.15, 0.2) is 48.6 Å².